The zero-order valence-corrected chi connectivity index (χ0v) is 26.8. The van der Waals surface area contributed by atoms with Crippen LogP contribution in [0.3, 0.4) is 0 Å². The van der Waals surface area contributed by atoms with E-state index in [9.17, 15) is 0 Å². The van der Waals surface area contributed by atoms with Crippen molar-refractivity contribution >= 4 is 79.3 Å². The van der Waals surface area contributed by atoms with Gasteiger partial charge in [0.05, 0.1) is 0 Å². The average molecular weight is 657 g/mol. The second-order valence-electron chi connectivity index (χ2n) is 11.2. The Kier molecular flexibility index (Phi) is 7.57. The van der Waals surface area contributed by atoms with E-state index in [4.69, 9.17) is 0 Å². The summed E-state index contributed by atoms with van der Waals surface area (Å²) in [7, 11) is 0. The predicted molar refractivity (Wildman–Crippen MR) is 197 cm³/mol. The van der Waals surface area contributed by atoms with Gasteiger partial charge < -0.3 is 0 Å². The summed E-state index contributed by atoms with van der Waals surface area (Å²) < 4.78 is 2.83. The molecule has 46 heavy (non-hydrogen) atoms. The Balaban J connectivity index is 1.35. The van der Waals surface area contributed by atoms with E-state index < -0.39 is 0 Å². The van der Waals surface area contributed by atoms with E-state index in [0.717, 1.165) is 45.5 Å². The van der Waals surface area contributed by atoms with Gasteiger partial charge in [0.1, 0.15) is 0 Å². The third-order valence-electron chi connectivity index (χ3n) is 8.16. The average Bonchev–Trinajstić information content (AvgIpc) is 3.50. The molecule has 1 heterocycles. The minimum absolute atomic E-state index is 0.232. The number of hydrogen-bond donors (Lipinski definition) is 1. The molecule has 0 fully saturated rings. The standard InChI is InChI=1S/C42H31N3Se/c1-5-16-32(17-6-1)44(33-18-7-2-8-19-33)36-28-31(43-40-26-15-25-39-38-24-13-14-27-41(38)46-42(39)40)29-37(30-36)45(34-20-9-3-10-21-34)35-22-11-4-12-23-35/h1-30,43H. The number of fused-ring (bicyclic) bond motifs is 3. The first-order valence-corrected chi connectivity index (χ1v) is 17.2. The summed E-state index contributed by atoms with van der Waals surface area (Å²) in [5.41, 5.74) is 8.72. The van der Waals surface area contributed by atoms with Crippen molar-refractivity contribution in [3.05, 3.63) is 182 Å². The fourth-order valence-corrected chi connectivity index (χ4v) is 8.59. The van der Waals surface area contributed by atoms with E-state index in [-0.39, 0.29) is 14.5 Å². The molecule has 1 aromatic heterocycles. The third-order valence-corrected chi connectivity index (χ3v) is 10.7. The zero-order valence-electron chi connectivity index (χ0n) is 25.1. The van der Waals surface area contributed by atoms with Crippen LogP contribution < -0.4 is 15.1 Å². The number of nitrogens with zero attached hydrogens (tertiary/aromatic N) is 2. The number of anilines is 8. The molecule has 0 bridgehead atoms. The molecule has 8 aromatic rings. The quantitative estimate of drug-likeness (QED) is 0.164. The van der Waals surface area contributed by atoms with E-state index in [2.05, 4.69) is 197 Å². The SMILES string of the molecule is c1ccc(N(c2ccccc2)c2cc(Nc3cccc4c3[se]c3ccccc34)cc(N(c3ccccc3)c3ccccc3)c2)cc1. The van der Waals surface area contributed by atoms with Crippen LogP contribution in [-0.4, -0.2) is 14.5 Å². The number of rotatable bonds is 8. The van der Waals surface area contributed by atoms with Gasteiger partial charge in [-0.25, -0.2) is 0 Å². The van der Waals surface area contributed by atoms with Gasteiger partial charge in [-0.2, -0.15) is 0 Å². The molecule has 1 N–H and O–H groups in total. The molecule has 0 aliphatic carbocycles. The Bertz CT molecular complexity index is 2050. The second-order valence-corrected chi connectivity index (χ2v) is 13.4. The summed E-state index contributed by atoms with van der Waals surface area (Å²) in [5.74, 6) is 0. The van der Waals surface area contributed by atoms with Crippen molar-refractivity contribution < 1.29 is 0 Å². The first-order chi connectivity index (χ1) is 22.8. The van der Waals surface area contributed by atoms with Crippen molar-refractivity contribution in [2.45, 2.75) is 0 Å². The molecular weight excluding hydrogens is 625 g/mol. The Morgan fingerprint density at radius 3 is 1.30 bits per heavy atom. The van der Waals surface area contributed by atoms with Gasteiger partial charge in [0.15, 0.2) is 0 Å². The molecule has 0 amide bonds. The molecule has 8 rings (SSSR count). The number of benzene rings is 7. The Morgan fingerprint density at radius 1 is 0.370 bits per heavy atom. The van der Waals surface area contributed by atoms with Gasteiger partial charge in [-0.1, -0.05) is 0 Å². The molecule has 0 aliphatic rings. The summed E-state index contributed by atoms with van der Waals surface area (Å²) in [6, 6.07) is 64.7. The van der Waals surface area contributed by atoms with Crippen LogP contribution in [0.5, 0.6) is 0 Å². The van der Waals surface area contributed by atoms with E-state index in [1.165, 1.54) is 19.3 Å². The van der Waals surface area contributed by atoms with Crippen LogP contribution in [0.25, 0.3) is 19.3 Å². The van der Waals surface area contributed by atoms with Crippen LogP contribution in [0.15, 0.2) is 182 Å². The van der Waals surface area contributed by atoms with E-state index in [1.807, 2.05) is 0 Å². The van der Waals surface area contributed by atoms with Gasteiger partial charge in [-0.05, 0) is 0 Å². The first kappa shape index (κ1) is 28.0. The van der Waals surface area contributed by atoms with Crippen molar-refractivity contribution in [1.82, 2.24) is 0 Å². The molecule has 0 saturated carbocycles. The molecule has 0 spiro atoms. The fourth-order valence-electron chi connectivity index (χ4n) is 6.13. The van der Waals surface area contributed by atoms with Crippen LogP contribution in [0.2, 0.25) is 0 Å². The van der Waals surface area contributed by atoms with Gasteiger partial charge in [0.25, 0.3) is 0 Å². The summed E-state index contributed by atoms with van der Waals surface area (Å²) >= 11 is 0.232. The van der Waals surface area contributed by atoms with E-state index in [0.29, 0.717) is 0 Å². The fraction of sp³-hybridized carbons (Fsp3) is 0. The molecule has 0 radical (unpaired) electrons. The molecule has 220 valence electrons. The van der Waals surface area contributed by atoms with Gasteiger partial charge in [-0.3, -0.25) is 0 Å². The number of para-hydroxylation sites is 4. The molecule has 0 unspecified atom stereocenters. The molecule has 0 aliphatic heterocycles. The van der Waals surface area contributed by atoms with Crippen LogP contribution in [0, 0.1) is 0 Å². The van der Waals surface area contributed by atoms with E-state index in [1.54, 1.807) is 0 Å². The van der Waals surface area contributed by atoms with Crippen molar-refractivity contribution in [2.75, 3.05) is 15.1 Å². The van der Waals surface area contributed by atoms with Crippen LogP contribution in [0.4, 0.5) is 45.5 Å². The van der Waals surface area contributed by atoms with Gasteiger partial charge in [0, 0.05) is 0 Å². The summed E-state index contributed by atoms with van der Waals surface area (Å²) in [6.45, 7) is 0. The second kappa shape index (κ2) is 12.5. The third kappa shape index (κ3) is 5.46. The van der Waals surface area contributed by atoms with Crippen molar-refractivity contribution in [1.29, 1.82) is 0 Å². The Hall–Kier alpha value is -5.54. The Labute approximate surface area is 275 Å². The van der Waals surface area contributed by atoms with Gasteiger partial charge >= 0.3 is 276 Å². The number of hydrogen-bond acceptors (Lipinski definition) is 3. The van der Waals surface area contributed by atoms with Crippen LogP contribution >= 0.6 is 0 Å². The van der Waals surface area contributed by atoms with Crippen molar-refractivity contribution in [3.63, 3.8) is 0 Å². The maximum absolute atomic E-state index is 3.90. The van der Waals surface area contributed by atoms with Crippen LogP contribution in [0.1, 0.15) is 0 Å². The van der Waals surface area contributed by atoms with Crippen molar-refractivity contribution in [2.24, 2.45) is 0 Å². The predicted octanol–water partition coefficient (Wildman–Crippen LogP) is 11.7. The van der Waals surface area contributed by atoms with Crippen LogP contribution in [-0.2, 0) is 0 Å². The van der Waals surface area contributed by atoms with E-state index >= 15 is 0 Å². The molecule has 4 heteroatoms. The molecule has 0 atom stereocenters. The zero-order chi connectivity index (χ0) is 30.7. The maximum atomic E-state index is 3.90. The summed E-state index contributed by atoms with van der Waals surface area (Å²) in [4.78, 5) is 4.66. The summed E-state index contributed by atoms with van der Waals surface area (Å²) in [6.07, 6.45) is 0. The van der Waals surface area contributed by atoms with Crippen molar-refractivity contribution in [3.8, 4) is 0 Å². The first-order valence-electron chi connectivity index (χ1n) is 15.4. The number of nitrogens with one attached hydrogen (secondary N) is 1. The Morgan fingerprint density at radius 2 is 0.804 bits per heavy atom. The molecular formula is C42H31N3Se. The van der Waals surface area contributed by atoms with Gasteiger partial charge in [-0.15, -0.1) is 0 Å². The minimum atomic E-state index is 0.232. The monoisotopic (exact) mass is 657 g/mol. The molecule has 7 aromatic carbocycles. The normalized spacial score (nSPS) is 11.0. The molecule has 0 saturated heterocycles. The molecule has 3 nitrogen and oxygen atoms in total. The van der Waals surface area contributed by atoms with Gasteiger partial charge in [0.2, 0.25) is 0 Å². The summed E-state index contributed by atoms with van der Waals surface area (Å²) in [5, 5.41) is 6.59. The topological polar surface area (TPSA) is 18.5 Å².